The van der Waals surface area contributed by atoms with E-state index in [1.54, 1.807) is 42.2 Å². The van der Waals surface area contributed by atoms with Crippen molar-refractivity contribution in [2.24, 2.45) is 0 Å². The van der Waals surface area contributed by atoms with Crippen LogP contribution in [0.2, 0.25) is 0 Å². The van der Waals surface area contributed by atoms with Gasteiger partial charge in [-0.05, 0) is 57.0 Å². The van der Waals surface area contributed by atoms with Crippen molar-refractivity contribution < 1.29 is 33.3 Å². The number of carbonyl (C=O) groups is 2. The van der Waals surface area contributed by atoms with E-state index in [-0.39, 0.29) is 11.3 Å². The minimum atomic E-state index is -0.782. The molecule has 2 aliphatic heterocycles. The summed E-state index contributed by atoms with van der Waals surface area (Å²) in [6, 6.07) is 7.82. The van der Waals surface area contributed by atoms with Gasteiger partial charge in [0.2, 0.25) is 5.78 Å². The van der Waals surface area contributed by atoms with Gasteiger partial charge in [-0.2, -0.15) is 0 Å². The molecule has 9 heteroatoms. The third-order valence-corrected chi connectivity index (χ3v) is 6.37. The number of nitrogens with zero attached hydrogens (tertiary/aromatic N) is 2. The lowest BCUT2D eigenvalue weighted by molar-refractivity contribution is -0.129. The zero-order valence-electron chi connectivity index (χ0n) is 21.1. The van der Waals surface area contributed by atoms with Crippen LogP contribution < -0.4 is 9.47 Å². The monoisotopic (exact) mass is 498 g/mol. The van der Waals surface area contributed by atoms with E-state index in [9.17, 15) is 14.7 Å². The Morgan fingerprint density at radius 3 is 2.44 bits per heavy atom. The molecule has 2 aliphatic rings. The van der Waals surface area contributed by atoms with Crippen LogP contribution in [-0.4, -0.2) is 79.2 Å². The summed E-state index contributed by atoms with van der Waals surface area (Å²) in [6.07, 6.45) is 0.687. The van der Waals surface area contributed by atoms with Gasteiger partial charge in [-0.3, -0.25) is 14.5 Å². The summed E-state index contributed by atoms with van der Waals surface area (Å²) in [6.45, 7) is 10.6. The standard InChI is InChI=1S/C27H34N2O7/c1-4-34-20-10-8-19(17-22(20)35-5-2)24-23(25(30)21-9-7-18(3)36-21)26(31)27(32)29(24)12-6-11-28-13-15-33-16-14-28/h7-10,17,24,31H,4-6,11-16H2,1-3H3/t24-/m1/s1. The first kappa shape index (κ1) is 25.8. The Bertz CT molecular complexity index is 1120. The fourth-order valence-corrected chi connectivity index (χ4v) is 4.68. The first-order valence-corrected chi connectivity index (χ1v) is 12.5. The number of aliphatic hydroxyl groups excluding tert-OH is 1. The first-order chi connectivity index (χ1) is 17.4. The number of ether oxygens (including phenoxy) is 3. The molecular formula is C27H34N2O7. The van der Waals surface area contributed by atoms with Crippen molar-refractivity contribution in [1.82, 2.24) is 9.80 Å². The largest absolute Gasteiger partial charge is 0.503 e. The van der Waals surface area contributed by atoms with Gasteiger partial charge in [0.05, 0.1) is 38.0 Å². The predicted octanol–water partition coefficient (Wildman–Crippen LogP) is 3.69. The number of Topliss-reactive ketones (excluding diaryl/α,β-unsaturated/α-hetero) is 1. The van der Waals surface area contributed by atoms with Crippen LogP contribution in [0.3, 0.4) is 0 Å². The second-order valence-corrected chi connectivity index (χ2v) is 8.78. The Morgan fingerprint density at radius 2 is 1.78 bits per heavy atom. The zero-order valence-corrected chi connectivity index (χ0v) is 21.1. The van der Waals surface area contributed by atoms with Gasteiger partial charge in [-0.25, -0.2) is 0 Å². The molecule has 3 heterocycles. The van der Waals surface area contributed by atoms with Gasteiger partial charge in [-0.15, -0.1) is 0 Å². The summed E-state index contributed by atoms with van der Waals surface area (Å²) < 4.78 is 22.4. The van der Waals surface area contributed by atoms with Gasteiger partial charge in [0, 0.05) is 26.2 Å². The van der Waals surface area contributed by atoms with E-state index >= 15 is 0 Å². The minimum Gasteiger partial charge on any atom is -0.503 e. The molecule has 1 N–H and O–H groups in total. The van der Waals surface area contributed by atoms with E-state index in [1.165, 1.54) is 0 Å². The molecule has 1 fully saturated rings. The fraction of sp³-hybridized carbons (Fsp3) is 0.481. The summed E-state index contributed by atoms with van der Waals surface area (Å²) in [7, 11) is 0. The average molecular weight is 499 g/mol. The molecule has 194 valence electrons. The Kier molecular flexibility index (Phi) is 8.32. The lowest BCUT2D eigenvalue weighted by Gasteiger charge is -2.30. The maximum Gasteiger partial charge on any atom is 0.290 e. The summed E-state index contributed by atoms with van der Waals surface area (Å²) in [5.41, 5.74) is 0.657. The van der Waals surface area contributed by atoms with Crippen LogP contribution in [0.1, 0.15) is 48.2 Å². The SMILES string of the molecule is CCOc1ccc([C@@H]2C(C(=O)c3ccc(C)o3)=C(O)C(=O)N2CCCN2CCOCC2)cc1OCC. The molecule has 0 spiro atoms. The third kappa shape index (κ3) is 5.42. The molecular weight excluding hydrogens is 464 g/mol. The highest BCUT2D eigenvalue weighted by Gasteiger charge is 2.44. The number of benzene rings is 1. The number of hydrogen-bond acceptors (Lipinski definition) is 8. The van der Waals surface area contributed by atoms with E-state index < -0.39 is 23.5 Å². The molecule has 1 amide bonds. The van der Waals surface area contributed by atoms with Crippen molar-refractivity contribution in [3.63, 3.8) is 0 Å². The lowest BCUT2D eigenvalue weighted by Crippen LogP contribution is -2.39. The van der Waals surface area contributed by atoms with Gasteiger partial charge < -0.3 is 28.6 Å². The van der Waals surface area contributed by atoms with E-state index in [2.05, 4.69) is 4.90 Å². The number of hydrogen-bond donors (Lipinski definition) is 1. The molecule has 1 aromatic carbocycles. The van der Waals surface area contributed by atoms with Crippen LogP contribution in [0.4, 0.5) is 0 Å². The summed E-state index contributed by atoms with van der Waals surface area (Å²) in [4.78, 5) is 30.6. The van der Waals surface area contributed by atoms with Crippen molar-refractivity contribution in [2.75, 3.05) is 52.6 Å². The number of aliphatic hydroxyl groups is 1. The highest BCUT2D eigenvalue weighted by molar-refractivity contribution is 6.15. The second kappa shape index (κ2) is 11.6. The van der Waals surface area contributed by atoms with Crippen LogP contribution in [0.15, 0.2) is 46.1 Å². The van der Waals surface area contributed by atoms with Crippen LogP contribution >= 0.6 is 0 Å². The predicted molar refractivity (Wildman–Crippen MR) is 133 cm³/mol. The van der Waals surface area contributed by atoms with Crippen molar-refractivity contribution in [3.8, 4) is 11.5 Å². The van der Waals surface area contributed by atoms with E-state index in [1.807, 2.05) is 13.8 Å². The molecule has 36 heavy (non-hydrogen) atoms. The molecule has 0 radical (unpaired) electrons. The van der Waals surface area contributed by atoms with Gasteiger partial charge in [0.1, 0.15) is 5.76 Å². The molecule has 0 aliphatic carbocycles. The number of amides is 1. The molecule has 0 bridgehead atoms. The van der Waals surface area contributed by atoms with E-state index in [0.29, 0.717) is 62.2 Å². The lowest BCUT2D eigenvalue weighted by atomic mass is 9.94. The maximum atomic E-state index is 13.5. The number of morpholine rings is 1. The van der Waals surface area contributed by atoms with Gasteiger partial charge >= 0.3 is 0 Å². The molecule has 1 atom stereocenters. The maximum absolute atomic E-state index is 13.5. The van der Waals surface area contributed by atoms with Crippen molar-refractivity contribution in [2.45, 2.75) is 33.2 Å². The van der Waals surface area contributed by atoms with Crippen LogP contribution in [0.5, 0.6) is 11.5 Å². The summed E-state index contributed by atoms with van der Waals surface area (Å²) >= 11 is 0. The van der Waals surface area contributed by atoms with Crippen LogP contribution in [-0.2, 0) is 9.53 Å². The van der Waals surface area contributed by atoms with E-state index in [0.717, 1.165) is 19.6 Å². The van der Waals surface area contributed by atoms with Gasteiger partial charge in [0.25, 0.3) is 5.91 Å². The summed E-state index contributed by atoms with van der Waals surface area (Å²) in [5.74, 6) is 0.122. The number of ketones is 1. The Balaban J connectivity index is 1.67. The van der Waals surface area contributed by atoms with Crippen LogP contribution in [0, 0.1) is 6.92 Å². The van der Waals surface area contributed by atoms with Crippen molar-refractivity contribution in [1.29, 1.82) is 0 Å². The molecule has 1 saturated heterocycles. The fourth-order valence-electron chi connectivity index (χ4n) is 4.68. The second-order valence-electron chi connectivity index (χ2n) is 8.78. The number of carbonyl (C=O) groups excluding carboxylic acids is 2. The normalized spacial score (nSPS) is 18.7. The van der Waals surface area contributed by atoms with E-state index in [4.69, 9.17) is 18.6 Å². The number of rotatable bonds is 11. The first-order valence-electron chi connectivity index (χ1n) is 12.5. The van der Waals surface area contributed by atoms with Crippen molar-refractivity contribution in [3.05, 3.63) is 58.7 Å². The zero-order chi connectivity index (χ0) is 25.7. The molecule has 1 aromatic heterocycles. The average Bonchev–Trinajstić information content (AvgIpc) is 3.42. The van der Waals surface area contributed by atoms with Crippen LogP contribution in [0.25, 0.3) is 0 Å². The number of aryl methyl sites for hydroxylation is 1. The molecule has 0 saturated carbocycles. The molecule has 0 unspecified atom stereocenters. The highest BCUT2D eigenvalue weighted by atomic mass is 16.5. The van der Waals surface area contributed by atoms with Gasteiger partial charge in [-0.1, -0.05) is 6.07 Å². The third-order valence-electron chi connectivity index (χ3n) is 6.37. The van der Waals surface area contributed by atoms with Gasteiger partial charge in [0.15, 0.2) is 23.0 Å². The highest BCUT2D eigenvalue weighted by Crippen LogP contribution is 2.42. The molecule has 9 nitrogen and oxygen atoms in total. The Morgan fingerprint density at radius 1 is 1.06 bits per heavy atom. The smallest absolute Gasteiger partial charge is 0.290 e. The Labute approximate surface area is 211 Å². The summed E-state index contributed by atoms with van der Waals surface area (Å²) in [5, 5.41) is 10.9. The molecule has 4 rings (SSSR count). The number of furan rings is 1. The van der Waals surface area contributed by atoms with Crippen molar-refractivity contribution >= 4 is 11.7 Å². The Hall–Kier alpha value is -3.30. The minimum absolute atomic E-state index is 0.00679. The quantitative estimate of drug-likeness (QED) is 0.468. The molecule has 2 aromatic rings. The topological polar surface area (TPSA) is 102 Å².